The van der Waals surface area contributed by atoms with Gasteiger partial charge in [0.25, 0.3) is 5.91 Å². The summed E-state index contributed by atoms with van der Waals surface area (Å²) in [5, 5.41) is 0. The van der Waals surface area contributed by atoms with Gasteiger partial charge in [0.2, 0.25) is 0 Å². The van der Waals surface area contributed by atoms with Gasteiger partial charge in [-0.3, -0.25) is 4.79 Å². The standard InChI is InChI=1S/C20H21F2NO3/c1-13-4-5-18-17(8-13)23(6-3-7-25-2)20(24)19(26-18)11-14-9-15(21)12-16(22)10-14/h4-5,8-10,12,19H,3,6-7,11H2,1-2H3. The van der Waals surface area contributed by atoms with Crippen LogP contribution in [0.2, 0.25) is 0 Å². The van der Waals surface area contributed by atoms with E-state index in [1.807, 2.05) is 25.1 Å². The van der Waals surface area contributed by atoms with Crippen LogP contribution >= 0.6 is 0 Å². The molecule has 0 saturated heterocycles. The Kier molecular flexibility index (Phi) is 5.52. The van der Waals surface area contributed by atoms with E-state index in [-0.39, 0.29) is 12.3 Å². The number of methoxy groups -OCH3 is 1. The number of halogens is 2. The lowest BCUT2D eigenvalue weighted by atomic mass is 10.0. The summed E-state index contributed by atoms with van der Waals surface area (Å²) in [4.78, 5) is 14.6. The third-order valence-corrected chi connectivity index (χ3v) is 4.29. The monoisotopic (exact) mass is 361 g/mol. The molecule has 1 unspecified atom stereocenters. The lowest BCUT2D eigenvalue weighted by molar-refractivity contribution is -0.126. The molecule has 0 aliphatic carbocycles. The van der Waals surface area contributed by atoms with Crippen LogP contribution in [0.1, 0.15) is 17.5 Å². The Labute approximate surface area is 151 Å². The molecule has 0 fully saturated rings. The summed E-state index contributed by atoms with van der Waals surface area (Å²) in [6.45, 7) is 2.96. The first kappa shape index (κ1) is 18.3. The molecule has 2 aromatic carbocycles. The van der Waals surface area contributed by atoms with Gasteiger partial charge in [-0.2, -0.15) is 0 Å². The van der Waals surface area contributed by atoms with E-state index in [4.69, 9.17) is 9.47 Å². The first-order chi connectivity index (χ1) is 12.5. The fraction of sp³-hybridized carbons (Fsp3) is 0.350. The van der Waals surface area contributed by atoms with Crippen molar-refractivity contribution >= 4 is 11.6 Å². The van der Waals surface area contributed by atoms with Crippen LogP contribution in [0, 0.1) is 18.6 Å². The Bertz CT molecular complexity index is 789. The predicted octanol–water partition coefficient (Wildman–Crippen LogP) is 3.65. The topological polar surface area (TPSA) is 38.8 Å². The minimum absolute atomic E-state index is 0.0988. The summed E-state index contributed by atoms with van der Waals surface area (Å²) < 4.78 is 37.8. The Balaban J connectivity index is 1.87. The highest BCUT2D eigenvalue weighted by atomic mass is 19.1. The highest BCUT2D eigenvalue weighted by Gasteiger charge is 2.34. The largest absolute Gasteiger partial charge is 0.478 e. The molecular formula is C20H21F2NO3. The van der Waals surface area contributed by atoms with Crippen LogP contribution < -0.4 is 9.64 Å². The normalized spacial score (nSPS) is 16.4. The maximum Gasteiger partial charge on any atom is 0.268 e. The van der Waals surface area contributed by atoms with Gasteiger partial charge in [0.15, 0.2) is 6.10 Å². The zero-order valence-corrected chi connectivity index (χ0v) is 14.8. The van der Waals surface area contributed by atoms with E-state index < -0.39 is 17.7 Å². The maximum atomic E-state index is 13.5. The van der Waals surface area contributed by atoms with E-state index >= 15 is 0 Å². The summed E-state index contributed by atoms with van der Waals surface area (Å²) in [7, 11) is 1.61. The molecule has 1 aliphatic heterocycles. The molecule has 0 spiro atoms. The number of carbonyl (C=O) groups is 1. The van der Waals surface area contributed by atoms with E-state index in [2.05, 4.69) is 0 Å². The van der Waals surface area contributed by atoms with E-state index in [1.54, 1.807) is 12.0 Å². The van der Waals surface area contributed by atoms with Crippen LogP contribution in [0.15, 0.2) is 36.4 Å². The van der Waals surface area contributed by atoms with Crippen molar-refractivity contribution in [1.29, 1.82) is 0 Å². The lowest BCUT2D eigenvalue weighted by Gasteiger charge is -2.34. The summed E-state index contributed by atoms with van der Waals surface area (Å²) in [5.74, 6) is -0.967. The lowest BCUT2D eigenvalue weighted by Crippen LogP contribution is -2.47. The molecule has 6 heteroatoms. The minimum atomic E-state index is -0.825. The van der Waals surface area contributed by atoms with Gasteiger partial charge in [0, 0.05) is 32.7 Å². The zero-order chi connectivity index (χ0) is 18.7. The van der Waals surface area contributed by atoms with Gasteiger partial charge >= 0.3 is 0 Å². The third-order valence-electron chi connectivity index (χ3n) is 4.29. The van der Waals surface area contributed by atoms with E-state index in [0.29, 0.717) is 36.6 Å². The molecule has 0 radical (unpaired) electrons. The molecule has 1 amide bonds. The second kappa shape index (κ2) is 7.83. The van der Waals surface area contributed by atoms with Crippen LogP contribution in [0.25, 0.3) is 0 Å². The molecule has 2 aromatic rings. The molecule has 0 aromatic heterocycles. The van der Waals surface area contributed by atoms with Gasteiger partial charge < -0.3 is 14.4 Å². The fourth-order valence-corrected chi connectivity index (χ4v) is 3.10. The van der Waals surface area contributed by atoms with Gasteiger partial charge in [0.05, 0.1) is 5.69 Å². The number of amides is 1. The Morgan fingerprint density at radius 2 is 1.88 bits per heavy atom. The third kappa shape index (κ3) is 4.02. The number of rotatable bonds is 6. The first-order valence-corrected chi connectivity index (χ1v) is 8.50. The van der Waals surface area contributed by atoms with E-state index in [9.17, 15) is 13.6 Å². The predicted molar refractivity (Wildman–Crippen MR) is 94.5 cm³/mol. The van der Waals surface area contributed by atoms with Crippen molar-refractivity contribution < 1.29 is 23.0 Å². The van der Waals surface area contributed by atoms with Crippen molar-refractivity contribution in [2.45, 2.75) is 25.9 Å². The first-order valence-electron chi connectivity index (χ1n) is 8.50. The molecule has 26 heavy (non-hydrogen) atoms. The Hall–Kier alpha value is -2.47. The number of benzene rings is 2. The summed E-state index contributed by atoms with van der Waals surface area (Å²) in [5.41, 5.74) is 2.11. The molecule has 0 bridgehead atoms. The van der Waals surface area contributed by atoms with Gasteiger partial charge in [-0.1, -0.05) is 6.07 Å². The average Bonchev–Trinajstić information content (AvgIpc) is 2.57. The molecule has 1 aliphatic rings. The van der Waals surface area contributed by atoms with Gasteiger partial charge in [-0.05, 0) is 48.7 Å². The molecule has 1 heterocycles. The number of hydrogen-bond acceptors (Lipinski definition) is 3. The molecule has 4 nitrogen and oxygen atoms in total. The number of ether oxygens (including phenoxy) is 2. The number of nitrogens with zero attached hydrogens (tertiary/aromatic N) is 1. The molecule has 3 rings (SSSR count). The van der Waals surface area contributed by atoms with E-state index in [0.717, 1.165) is 11.6 Å². The fourth-order valence-electron chi connectivity index (χ4n) is 3.10. The Morgan fingerprint density at radius 3 is 2.58 bits per heavy atom. The van der Waals surface area contributed by atoms with Crippen LogP contribution in [0.4, 0.5) is 14.5 Å². The van der Waals surface area contributed by atoms with Crippen molar-refractivity contribution in [3.8, 4) is 5.75 Å². The molecule has 138 valence electrons. The number of anilines is 1. The number of aryl methyl sites for hydroxylation is 1. The smallest absolute Gasteiger partial charge is 0.268 e. The van der Waals surface area contributed by atoms with Crippen molar-refractivity contribution in [3.63, 3.8) is 0 Å². The van der Waals surface area contributed by atoms with Crippen molar-refractivity contribution in [2.24, 2.45) is 0 Å². The highest BCUT2D eigenvalue weighted by molar-refractivity contribution is 6.00. The van der Waals surface area contributed by atoms with Gasteiger partial charge in [0.1, 0.15) is 17.4 Å². The van der Waals surface area contributed by atoms with E-state index in [1.165, 1.54) is 12.1 Å². The van der Waals surface area contributed by atoms with Crippen LogP contribution in [-0.2, 0) is 16.0 Å². The zero-order valence-electron chi connectivity index (χ0n) is 14.8. The maximum absolute atomic E-state index is 13.5. The van der Waals surface area contributed by atoms with Crippen molar-refractivity contribution in [2.75, 3.05) is 25.2 Å². The summed E-state index contributed by atoms with van der Waals surface area (Å²) in [6.07, 6.45) is -0.0487. The average molecular weight is 361 g/mol. The Morgan fingerprint density at radius 1 is 1.15 bits per heavy atom. The van der Waals surface area contributed by atoms with Gasteiger partial charge in [-0.25, -0.2) is 8.78 Å². The number of fused-ring (bicyclic) bond motifs is 1. The second-order valence-electron chi connectivity index (χ2n) is 6.40. The SMILES string of the molecule is COCCCN1C(=O)C(Cc2cc(F)cc(F)c2)Oc2ccc(C)cc21. The van der Waals surface area contributed by atoms with Crippen molar-refractivity contribution in [1.82, 2.24) is 0 Å². The van der Waals surface area contributed by atoms with Crippen LogP contribution in [0.3, 0.4) is 0 Å². The molecule has 1 atom stereocenters. The quantitative estimate of drug-likeness (QED) is 0.738. The number of carbonyl (C=O) groups excluding carboxylic acids is 1. The number of hydrogen-bond donors (Lipinski definition) is 0. The molecular weight excluding hydrogens is 340 g/mol. The minimum Gasteiger partial charge on any atom is -0.478 e. The summed E-state index contributed by atoms with van der Waals surface area (Å²) >= 11 is 0. The summed E-state index contributed by atoms with van der Waals surface area (Å²) in [6, 6.07) is 8.88. The second-order valence-corrected chi connectivity index (χ2v) is 6.40. The van der Waals surface area contributed by atoms with Crippen molar-refractivity contribution in [3.05, 3.63) is 59.2 Å². The van der Waals surface area contributed by atoms with Crippen LogP contribution in [0.5, 0.6) is 5.75 Å². The van der Waals surface area contributed by atoms with Gasteiger partial charge in [-0.15, -0.1) is 0 Å². The molecule has 0 N–H and O–H groups in total. The molecule has 0 saturated carbocycles. The highest BCUT2D eigenvalue weighted by Crippen LogP contribution is 2.35. The van der Waals surface area contributed by atoms with Crippen LogP contribution in [-0.4, -0.2) is 32.3 Å².